The molecule has 0 unspecified atom stereocenters. The minimum atomic E-state index is -0.368. The monoisotopic (exact) mass is 339 g/mol. The zero-order chi connectivity index (χ0) is 17.8. The lowest BCUT2D eigenvalue weighted by Gasteiger charge is -2.38. The Labute approximate surface area is 146 Å². The highest BCUT2D eigenvalue weighted by molar-refractivity contribution is 5.94. The molecule has 1 amide bonds. The Morgan fingerprint density at radius 1 is 1.04 bits per heavy atom. The van der Waals surface area contributed by atoms with Crippen LogP contribution in [0.25, 0.3) is 0 Å². The summed E-state index contributed by atoms with van der Waals surface area (Å²) in [6.45, 7) is 4.87. The van der Waals surface area contributed by atoms with Gasteiger partial charge in [0.2, 0.25) is 0 Å². The number of carbonyl (C=O) groups is 1. The van der Waals surface area contributed by atoms with Crippen LogP contribution in [0.4, 0.5) is 5.69 Å². The van der Waals surface area contributed by atoms with Gasteiger partial charge in [-0.25, -0.2) is 0 Å². The van der Waals surface area contributed by atoms with Crippen molar-refractivity contribution in [3.63, 3.8) is 0 Å². The topological polar surface area (TPSA) is 66.7 Å². The van der Waals surface area contributed by atoms with Gasteiger partial charge in [-0.3, -0.25) is 19.8 Å². The van der Waals surface area contributed by atoms with E-state index in [9.17, 15) is 14.9 Å². The molecular formula is C19H21N3O3. The third kappa shape index (κ3) is 3.85. The van der Waals surface area contributed by atoms with E-state index in [-0.39, 0.29) is 22.6 Å². The Morgan fingerprint density at radius 2 is 1.72 bits per heavy atom. The minimum absolute atomic E-state index is 0.0586. The fourth-order valence-electron chi connectivity index (χ4n) is 3.18. The first-order valence-corrected chi connectivity index (χ1v) is 8.39. The molecule has 0 spiro atoms. The second kappa shape index (κ2) is 7.44. The van der Waals surface area contributed by atoms with E-state index in [4.69, 9.17) is 0 Å². The molecule has 1 heterocycles. The molecule has 1 atom stereocenters. The summed E-state index contributed by atoms with van der Waals surface area (Å²) in [4.78, 5) is 27.2. The molecule has 6 nitrogen and oxygen atoms in total. The van der Waals surface area contributed by atoms with Crippen molar-refractivity contribution in [3.05, 3.63) is 75.8 Å². The number of amides is 1. The predicted octanol–water partition coefficient (Wildman–Crippen LogP) is 3.11. The summed E-state index contributed by atoms with van der Waals surface area (Å²) in [5.74, 6) is 0.0586. The number of rotatable bonds is 4. The van der Waals surface area contributed by atoms with Gasteiger partial charge in [-0.1, -0.05) is 30.3 Å². The number of nitro benzene ring substituents is 1. The van der Waals surface area contributed by atoms with E-state index in [0.717, 1.165) is 18.7 Å². The van der Waals surface area contributed by atoms with Gasteiger partial charge in [0.15, 0.2) is 0 Å². The molecule has 3 rings (SSSR count). The predicted molar refractivity (Wildman–Crippen MR) is 95.4 cm³/mol. The number of piperazine rings is 1. The van der Waals surface area contributed by atoms with Gasteiger partial charge < -0.3 is 4.90 Å². The van der Waals surface area contributed by atoms with Crippen LogP contribution >= 0.6 is 0 Å². The van der Waals surface area contributed by atoms with Gasteiger partial charge in [-0.05, 0) is 24.6 Å². The number of carbonyl (C=O) groups excluding carboxylic acids is 1. The number of non-ortho nitro benzene ring substituents is 1. The Kier molecular flexibility index (Phi) is 5.09. The minimum Gasteiger partial charge on any atom is -0.336 e. The molecule has 25 heavy (non-hydrogen) atoms. The third-order valence-corrected chi connectivity index (χ3v) is 4.73. The summed E-state index contributed by atoms with van der Waals surface area (Å²) in [5, 5.41) is 11.0. The highest BCUT2D eigenvalue weighted by Gasteiger charge is 2.25. The number of benzene rings is 2. The zero-order valence-corrected chi connectivity index (χ0v) is 14.2. The van der Waals surface area contributed by atoms with Crippen LogP contribution in [0.5, 0.6) is 0 Å². The molecule has 2 aromatic carbocycles. The third-order valence-electron chi connectivity index (χ3n) is 4.73. The van der Waals surface area contributed by atoms with E-state index in [1.165, 1.54) is 6.07 Å². The Balaban J connectivity index is 1.63. The van der Waals surface area contributed by atoms with Crippen molar-refractivity contribution in [1.82, 2.24) is 9.80 Å². The molecular weight excluding hydrogens is 318 g/mol. The van der Waals surface area contributed by atoms with E-state index < -0.39 is 0 Å². The van der Waals surface area contributed by atoms with E-state index in [1.807, 2.05) is 48.2 Å². The largest absolute Gasteiger partial charge is 0.336 e. The second-order valence-electron chi connectivity index (χ2n) is 6.22. The maximum absolute atomic E-state index is 12.5. The molecule has 0 radical (unpaired) electrons. The SMILES string of the molecule is C[C@H](c1cccc([N+](=O)[O-])c1)N1CCN(C(=O)c2ccccc2)CC1. The molecule has 1 aliphatic heterocycles. The van der Waals surface area contributed by atoms with Crippen LogP contribution in [-0.2, 0) is 0 Å². The van der Waals surface area contributed by atoms with Gasteiger partial charge in [-0.2, -0.15) is 0 Å². The van der Waals surface area contributed by atoms with Crippen molar-refractivity contribution < 1.29 is 9.72 Å². The van der Waals surface area contributed by atoms with Crippen molar-refractivity contribution >= 4 is 11.6 Å². The molecule has 1 aliphatic rings. The van der Waals surface area contributed by atoms with Crippen molar-refractivity contribution in [2.45, 2.75) is 13.0 Å². The van der Waals surface area contributed by atoms with Crippen molar-refractivity contribution in [2.75, 3.05) is 26.2 Å². The number of hydrogen-bond donors (Lipinski definition) is 0. The van der Waals surface area contributed by atoms with E-state index in [1.54, 1.807) is 12.1 Å². The fraction of sp³-hybridized carbons (Fsp3) is 0.316. The summed E-state index contributed by atoms with van der Waals surface area (Å²) in [5.41, 5.74) is 1.75. The van der Waals surface area contributed by atoms with Crippen molar-refractivity contribution in [1.29, 1.82) is 0 Å². The van der Waals surface area contributed by atoms with Gasteiger partial charge in [0.05, 0.1) is 4.92 Å². The molecule has 0 bridgehead atoms. The normalized spacial score (nSPS) is 16.4. The molecule has 0 aromatic heterocycles. The summed E-state index contributed by atoms with van der Waals surface area (Å²) in [6, 6.07) is 16.2. The number of nitro groups is 1. The summed E-state index contributed by atoms with van der Waals surface area (Å²) >= 11 is 0. The van der Waals surface area contributed by atoms with Gasteiger partial charge in [-0.15, -0.1) is 0 Å². The Hall–Kier alpha value is -2.73. The van der Waals surface area contributed by atoms with Crippen molar-refractivity contribution in [2.24, 2.45) is 0 Å². The number of nitrogens with zero attached hydrogens (tertiary/aromatic N) is 3. The lowest BCUT2D eigenvalue weighted by molar-refractivity contribution is -0.385. The first-order chi connectivity index (χ1) is 12.1. The lowest BCUT2D eigenvalue weighted by Crippen LogP contribution is -2.49. The van der Waals surface area contributed by atoms with Gasteiger partial charge in [0.1, 0.15) is 0 Å². The van der Waals surface area contributed by atoms with E-state index in [0.29, 0.717) is 18.7 Å². The first-order valence-electron chi connectivity index (χ1n) is 8.39. The Bertz CT molecular complexity index is 756. The van der Waals surface area contributed by atoms with Gasteiger partial charge in [0.25, 0.3) is 11.6 Å². The van der Waals surface area contributed by atoms with Crippen molar-refractivity contribution in [3.8, 4) is 0 Å². The molecule has 6 heteroatoms. The van der Waals surface area contributed by atoms with Crippen LogP contribution in [0.2, 0.25) is 0 Å². The van der Waals surface area contributed by atoms with Crippen LogP contribution in [-0.4, -0.2) is 46.8 Å². The molecule has 0 saturated carbocycles. The summed E-state index contributed by atoms with van der Waals surface area (Å²) in [6.07, 6.45) is 0. The van der Waals surface area contributed by atoms with Gasteiger partial charge in [0, 0.05) is 49.9 Å². The van der Waals surface area contributed by atoms with Crippen LogP contribution in [0.1, 0.15) is 28.9 Å². The second-order valence-corrected chi connectivity index (χ2v) is 6.22. The average molecular weight is 339 g/mol. The molecule has 1 fully saturated rings. The first kappa shape index (κ1) is 17.1. The molecule has 130 valence electrons. The van der Waals surface area contributed by atoms with Crippen LogP contribution in [0, 0.1) is 10.1 Å². The maximum Gasteiger partial charge on any atom is 0.269 e. The molecule has 0 N–H and O–H groups in total. The smallest absolute Gasteiger partial charge is 0.269 e. The molecule has 1 saturated heterocycles. The van der Waals surface area contributed by atoms with E-state index >= 15 is 0 Å². The van der Waals surface area contributed by atoms with E-state index in [2.05, 4.69) is 4.90 Å². The van der Waals surface area contributed by atoms with Crippen LogP contribution in [0.15, 0.2) is 54.6 Å². The highest BCUT2D eigenvalue weighted by atomic mass is 16.6. The highest BCUT2D eigenvalue weighted by Crippen LogP contribution is 2.25. The lowest BCUT2D eigenvalue weighted by atomic mass is 10.1. The fourth-order valence-corrected chi connectivity index (χ4v) is 3.18. The van der Waals surface area contributed by atoms with Gasteiger partial charge >= 0.3 is 0 Å². The van der Waals surface area contributed by atoms with Crippen LogP contribution < -0.4 is 0 Å². The molecule has 2 aromatic rings. The standard InChI is InChI=1S/C19H21N3O3/c1-15(17-8-5-9-18(14-17)22(24)25)20-10-12-21(13-11-20)19(23)16-6-3-2-4-7-16/h2-9,14-15H,10-13H2,1H3/t15-/m1/s1. The van der Waals surface area contributed by atoms with Crippen LogP contribution in [0.3, 0.4) is 0 Å². The quantitative estimate of drug-likeness (QED) is 0.634. The zero-order valence-electron chi connectivity index (χ0n) is 14.2. The maximum atomic E-state index is 12.5. The Morgan fingerprint density at radius 3 is 2.36 bits per heavy atom. The summed E-state index contributed by atoms with van der Waals surface area (Å²) in [7, 11) is 0. The summed E-state index contributed by atoms with van der Waals surface area (Å²) < 4.78 is 0. The average Bonchev–Trinajstić information content (AvgIpc) is 2.67. The molecule has 0 aliphatic carbocycles. The number of hydrogen-bond acceptors (Lipinski definition) is 4.